The van der Waals surface area contributed by atoms with E-state index in [2.05, 4.69) is 121 Å². The van der Waals surface area contributed by atoms with E-state index in [4.69, 9.17) is 14.5 Å². The number of methoxy groups -OCH3 is 1. The Morgan fingerprint density at radius 1 is 1.05 bits per heavy atom. The molecular formula is C51H68N8O5. The molecule has 2 saturated heterocycles. The molecular weight excluding hydrogens is 805 g/mol. The van der Waals surface area contributed by atoms with Gasteiger partial charge in [-0.05, 0) is 103 Å². The van der Waals surface area contributed by atoms with Gasteiger partial charge in [-0.2, -0.15) is 0 Å². The maximum absolute atomic E-state index is 14.7. The molecule has 13 heteroatoms. The van der Waals surface area contributed by atoms with Gasteiger partial charge in [0, 0.05) is 61.2 Å². The number of amides is 2. The van der Waals surface area contributed by atoms with Crippen LogP contribution in [-0.4, -0.2) is 114 Å². The van der Waals surface area contributed by atoms with Crippen LogP contribution >= 0.6 is 0 Å². The van der Waals surface area contributed by atoms with Crippen LogP contribution in [-0.2, 0) is 43.2 Å². The van der Waals surface area contributed by atoms with Gasteiger partial charge in [0.25, 0.3) is 5.91 Å². The third-order valence-corrected chi connectivity index (χ3v) is 12.9. The van der Waals surface area contributed by atoms with Crippen LogP contribution < -0.4 is 10.7 Å². The van der Waals surface area contributed by atoms with E-state index in [1.54, 1.807) is 7.11 Å². The largest absolute Gasteiger partial charge is 0.464 e. The number of carbonyl (C=O) groups excluding carboxylic acids is 3. The van der Waals surface area contributed by atoms with Crippen molar-refractivity contribution in [1.82, 2.24) is 30.2 Å². The average molecular weight is 873 g/mol. The predicted molar refractivity (Wildman–Crippen MR) is 252 cm³/mol. The molecule has 4 aromatic rings. The zero-order valence-electron chi connectivity index (χ0n) is 39.2. The Morgan fingerprint density at radius 2 is 1.86 bits per heavy atom. The Balaban J connectivity index is 1.25. The highest BCUT2D eigenvalue weighted by molar-refractivity contribution is 5.95. The number of hydrogen-bond acceptors (Lipinski definition) is 10. The van der Waals surface area contributed by atoms with Gasteiger partial charge in [0.2, 0.25) is 5.91 Å². The number of fused-ring (bicyclic) bond motifs is 6. The van der Waals surface area contributed by atoms with Crippen LogP contribution in [0.2, 0.25) is 0 Å². The van der Waals surface area contributed by atoms with Crippen LogP contribution in [0.1, 0.15) is 90.5 Å². The van der Waals surface area contributed by atoms with Crippen molar-refractivity contribution in [3.63, 3.8) is 0 Å². The number of cyclic esters (lactones) is 1. The lowest BCUT2D eigenvalue weighted by atomic mass is 9.83. The summed E-state index contributed by atoms with van der Waals surface area (Å²) in [7, 11) is 1.64. The van der Waals surface area contributed by atoms with Crippen LogP contribution in [0.25, 0.3) is 33.3 Å². The number of hydrazine groups is 1. The second-order valence-electron chi connectivity index (χ2n) is 19.3. The molecule has 2 N–H and O–H groups in total. The Morgan fingerprint density at radius 3 is 2.62 bits per heavy atom. The topological polar surface area (TPSA) is 143 Å². The fraction of sp³-hybridized carbons (Fsp3) is 0.549. The molecule has 0 spiro atoms. The van der Waals surface area contributed by atoms with Crippen LogP contribution in [0.3, 0.4) is 0 Å². The number of rotatable bonds is 12. The lowest BCUT2D eigenvalue weighted by molar-refractivity contribution is -0.155. The van der Waals surface area contributed by atoms with Crippen LogP contribution in [0.15, 0.2) is 70.8 Å². The molecule has 2 amide bonds. The van der Waals surface area contributed by atoms with Gasteiger partial charge in [0.05, 0.1) is 49.7 Å². The van der Waals surface area contributed by atoms with Crippen LogP contribution in [0, 0.1) is 17.3 Å². The summed E-state index contributed by atoms with van der Waals surface area (Å²) in [5.74, 6) is -0.373. The number of pyridine rings is 1. The molecule has 2 fully saturated rings. The van der Waals surface area contributed by atoms with Gasteiger partial charge in [0.1, 0.15) is 12.1 Å². The van der Waals surface area contributed by atoms with Crippen molar-refractivity contribution >= 4 is 34.7 Å². The van der Waals surface area contributed by atoms with E-state index in [9.17, 15) is 14.4 Å². The number of ether oxygens (including phenoxy) is 2. The summed E-state index contributed by atoms with van der Waals surface area (Å²) in [6.45, 7) is 19.4. The maximum atomic E-state index is 14.7. The lowest BCUT2D eigenvalue weighted by Crippen LogP contribution is -2.62. The molecule has 64 heavy (non-hydrogen) atoms. The minimum atomic E-state index is -0.889. The van der Waals surface area contributed by atoms with Gasteiger partial charge in [-0.3, -0.25) is 29.3 Å². The number of benzene rings is 2. The van der Waals surface area contributed by atoms with Gasteiger partial charge < -0.3 is 19.4 Å². The van der Waals surface area contributed by atoms with Gasteiger partial charge in [0.15, 0.2) is 0 Å². The van der Waals surface area contributed by atoms with E-state index < -0.39 is 23.5 Å². The van der Waals surface area contributed by atoms with Crippen molar-refractivity contribution in [3.05, 3.63) is 77.6 Å². The van der Waals surface area contributed by atoms with Crippen molar-refractivity contribution in [2.75, 3.05) is 53.0 Å². The number of likely N-dealkylation sites (tertiary alicyclic amines) is 1. The zero-order chi connectivity index (χ0) is 45.5. The molecule has 2 aromatic carbocycles. The Kier molecular flexibility index (Phi) is 15.2. The first kappa shape index (κ1) is 46.8. The zero-order valence-corrected chi connectivity index (χ0v) is 39.2. The summed E-state index contributed by atoms with van der Waals surface area (Å²) in [5, 5.41) is 5.91. The molecule has 0 aliphatic carbocycles. The molecule has 0 saturated carbocycles. The molecule has 13 nitrogen and oxygen atoms in total. The first-order chi connectivity index (χ1) is 30.8. The number of nitrogens with one attached hydrogen (secondary N) is 2. The number of aromatic nitrogens is 2. The minimum absolute atomic E-state index is 0.00924. The van der Waals surface area contributed by atoms with Crippen molar-refractivity contribution in [3.8, 4) is 22.4 Å². The summed E-state index contributed by atoms with van der Waals surface area (Å²) in [6, 6.07) is 20.0. The standard InChI is InChI=1S/C51H68N8O5/c1-9-58-44-18-17-38-27-40(44)41(47(58)39-15-11-20-54-45(39)33(2)3)28-51(6,7)31-64-50(62)42-16-12-22-59(56-42)49(61)43(26-35-13-10-14-37(38)25-35)55-48(60)46(34(4)5)57-23-19-36(30-57)29-53-32-52-21-24-63-8/h10-11,13-15,17-18,20,25,27,33-34,36,42-43,46,56H,9,12,16,19,21-24,26,28-31H2,1-8H3,(H,55,60)/t36-,42+,43+,46+/m1/s1. The summed E-state index contributed by atoms with van der Waals surface area (Å²) in [5.41, 5.74) is 11.4. The van der Waals surface area contributed by atoms with Crippen LogP contribution in [0.4, 0.5) is 0 Å². The molecule has 6 bridgehead atoms. The maximum Gasteiger partial charge on any atom is 0.324 e. The molecule has 2 aromatic heterocycles. The molecule has 7 rings (SSSR count). The summed E-state index contributed by atoms with van der Waals surface area (Å²) < 4.78 is 13.6. The van der Waals surface area contributed by atoms with E-state index in [0.29, 0.717) is 52.0 Å². The van der Waals surface area contributed by atoms with E-state index in [-0.39, 0.29) is 48.6 Å². The van der Waals surface area contributed by atoms with Gasteiger partial charge >= 0.3 is 5.97 Å². The van der Waals surface area contributed by atoms with E-state index in [1.807, 2.05) is 24.4 Å². The van der Waals surface area contributed by atoms with Crippen molar-refractivity contribution in [2.24, 2.45) is 27.2 Å². The normalized spacial score (nSPS) is 21.1. The SMILES string of the molecule is CCn1c(-c2cccnc2C(C)C)c2c3cc(ccc31)-c1cccc(c1)C[C@H](NC(=O)[C@H](C(C)C)N1CC[C@H](CN=C=NCCOC)C1)C(=O)N1CCC[C@H](N1)C(=O)OCC(C)(C)C2. The minimum Gasteiger partial charge on any atom is -0.464 e. The highest BCUT2D eigenvalue weighted by atomic mass is 16.5. The Labute approximate surface area is 379 Å². The monoisotopic (exact) mass is 873 g/mol. The van der Waals surface area contributed by atoms with E-state index >= 15 is 0 Å². The molecule has 4 atom stereocenters. The van der Waals surface area contributed by atoms with Gasteiger partial charge in [-0.25, -0.2) is 15.4 Å². The number of carbonyl (C=O) groups is 3. The number of aryl methyl sites for hydroxylation is 1. The third kappa shape index (κ3) is 10.7. The Bertz CT molecular complexity index is 2360. The van der Waals surface area contributed by atoms with E-state index in [0.717, 1.165) is 64.1 Å². The highest BCUT2D eigenvalue weighted by Gasteiger charge is 2.39. The summed E-state index contributed by atoms with van der Waals surface area (Å²) >= 11 is 0. The second-order valence-corrected chi connectivity index (χ2v) is 19.3. The molecule has 342 valence electrons. The number of hydrogen-bond donors (Lipinski definition) is 2. The fourth-order valence-electron chi connectivity index (χ4n) is 9.83. The third-order valence-electron chi connectivity index (χ3n) is 12.9. The first-order valence-corrected chi connectivity index (χ1v) is 23.3. The lowest BCUT2D eigenvalue weighted by Gasteiger charge is -2.36. The summed E-state index contributed by atoms with van der Waals surface area (Å²) in [6.07, 6.45) is 4.86. The van der Waals surface area contributed by atoms with Crippen molar-refractivity contribution in [1.29, 1.82) is 0 Å². The first-order valence-electron chi connectivity index (χ1n) is 23.3. The molecule has 3 aliphatic heterocycles. The highest BCUT2D eigenvalue weighted by Crippen LogP contribution is 2.42. The quantitative estimate of drug-likeness (QED) is 0.0857. The predicted octanol–water partition coefficient (Wildman–Crippen LogP) is 7.33. The number of nitrogens with zero attached hydrogens (tertiary/aromatic N) is 6. The van der Waals surface area contributed by atoms with Crippen molar-refractivity contribution in [2.45, 2.75) is 111 Å². The number of esters is 1. The molecule has 5 heterocycles. The molecule has 3 aliphatic rings. The number of aliphatic imine (C=N–C) groups is 2. The Hall–Kier alpha value is -5.20. The fourth-order valence-corrected chi connectivity index (χ4v) is 9.83. The second kappa shape index (κ2) is 20.7. The smallest absolute Gasteiger partial charge is 0.324 e. The van der Waals surface area contributed by atoms with Crippen LogP contribution in [0.5, 0.6) is 0 Å². The van der Waals surface area contributed by atoms with Gasteiger partial charge in [-0.15, -0.1) is 0 Å². The van der Waals surface area contributed by atoms with E-state index in [1.165, 1.54) is 10.6 Å². The van der Waals surface area contributed by atoms with Gasteiger partial charge in [-0.1, -0.05) is 71.9 Å². The summed E-state index contributed by atoms with van der Waals surface area (Å²) in [4.78, 5) is 58.8. The molecule has 0 unspecified atom stereocenters. The van der Waals surface area contributed by atoms with Crippen molar-refractivity contribution < 1.29 is 23.9 Å². The average Bonchev–Trinajstić information content (AvgIpc) is 3.87. The molecule has 0 radical (unpaired) electrons.